The Morgan fingerprint density at radius 2 is 1.76 bits per heavy atom. The minimum absolute atomic E-state index is 0.725. The van der Waals surface area contributed by atoms with Gasteiger partial charge in [0.15, 0.2) is 0 Å². The lowest BCUT2D eigenvalue weighted by Crippen LogP contribution is -2.09. The molecule has 1 N–H and O–H groups in total. The van der Waals surface area contributed by atoms with Crippen LogP contribution in [0.3, 0.4) is 0 Å². The minimum Gasteiger partial charge on any atom is -0.378 e. The lowest BCUT2D eigenvalue weighted by molar-refractivity contribution is 0.732. The van der Waals surface area contributed by atoms with Gasteiger partial charge in [0.2, 0.25) is 0 Å². The Morgan fingerprint density at radius 3 is 2.57 bits per heavy atom. The summed E-state index contributed by atoms with van der Waals surface area (Å²) < 4.78 is 2.19. The third kappa shape index (κ3) is 3.31. The largest absolute Gasteiger partial charge is 0.378 e. The summed E-state index contributed by atoms with van der Waals surface area (Å²) in [6.07, 6.45) is 3.90. The first-order valence-electron chi connectivity index (χ1n) is 7.16. The van der Waals surface area contributed by atoms with E-state index in [0.717, 1.165) is 24.6 Å². The molecule has 0 atom stereocenters. The molecule has 3 nitrogen and oxygen atoms in total. The highest BCUT2D eigenvalue weighted by Crippen LogP contribution is 2.12. The van der Waals surface area contributed by atoms with Crippen LogP contribution >= 0.6 is 0 Å². The van der Waals surface area contributed by atoms with Crippen molar-refractivity contribution in [3.63, 3.8) is 0 Å². The zero-order chi connectivity index (χ0) is 14.5. The summed E-state index contributed by atoms with van der Waals surface area (Å²) in [4.78, 5) is 4.46. The summed E-state index contributed by atoms with van der Waals surface area (Å²) in [6, 6.07) is 18.7. The van der Waals surface area contributed by atoms with Crippen molar-refractivity contribution in [2.45, 2.75) is 20.0 Å². The van der Waals surface area contributed by atoms with E-state index in [1.807, 2.05) is 30.6 Å². The number of aromatic nitrogens is 2. The van der Waals surface area contributed by atoms with Crippen LogP contribution in [0.15, 0.2) is 67.0 Å². The fraction of sp³-hybridized carbons (Fsp3) is 0.167. The van der Waals surface area contributed by atoms with Gasteiger partial charge in [0, 0.05) is 24.6 Å². The van der Waals surface area contributed by atoms with Gasteiger partial charge in [-0.25, -0.2) is 4.98 Å². The third-order valence-electron chi connectivity index (χ3n) is 3.63. The molecule has 0 unspecified atom stereocenters. The van der Waals surface area contributed by atoms with Gasteiger partial charge in [0.25, 0.3) is 0 Å². The van der Waals surface area contributed by atoms with Crippen LogP contribution in [-0.4, -0.2) is 9.55 Å². The van der Waals surface area contributed by atoms with Crippen molar-refractivity contribution in [2.75, 3.05) is 5.32 Å². The Kier molecular flexibility index (Phi) is 4.01. The number of hydrogen-bond donors (Lipinski definition) is 1. The van der Waals surface area contributed by atoms with Gasteiger partial charge in [-0.2, -0.15) is 0 Å². The molecule has 0 aliphatic heterocycles. The monoisotopic (exact) mass is 277 g/mol. The first-order valence-corrected chi connectivity index (χ1v) is 7.16. The van der Waals surface area contributed by atoms with E-state index >= 15 is 0 Å². The fourth-order valence-corrected chi connectivity index (χ4v) is 2.36. The molecule has 0 saturated heterocycles. The molecule has 1 aromatic heterocycles. The van der Waals surface area contributed by atoms with Crippen molar-refractivity contribution < 1.29 is 0 Å². The van der Waals surface area contributed by atoms with Crippen LogP contribution in [0.5, 0.6) is 0 Å². The molecule has 3 aromatic rings. The lowest BCUT2D eigenvalue weighted by atomic mass is 10.1. The van der Waals surface area contributed by atoms with Crippen LogP contribution in [0.1, 0.15) is 17.0 Å². The van der Waals surface area contributed by atoms with Gasteiger partial charge in [0.05, 0.1) is 6.54 Å². The normalized spacial score (nSPS) is 10.5. The average Bonchev–Trinajstić information content (AvgIpc) is 2.96. The molecule has 21 heavy (non-hydrogen) atoms. The highest BCUT2D eigenvalue weighted by Gasteiger charge is 2.05. The van der Waals surface area contributed by atoms with Crippen LogP contribution in [0.25, 0.3) is 0 Å². The number of nitrogens with zero attached hydrogens (tertiary/aromatic N) is 2. The summed E-state index contributed by atoms with van der Waals surface area (Å²) in [5, 5.41) is 3.40. The van der Waals surface area contributed by atoms with Crippen molar-refractivity contribution in [2.24, 2.45) is 0 Å². The van der Waals surface area contributed by atoms with Crippen molar-refractivity contribution in [3.05, 3.63) is 83.9 Å². The molecule has 2 aromatic carbocycles. The van der Waals surface area contributed by atoms with E-state index in [2.05, 4.69) is 58.2 Å². The van der Waals surface area contributed by atoms with Gasteiger partial charge in [0.1, 0.15) is 5.82 Å². The number of benzene rings is 2. The number of rotatable bonds is 5. The SMILES string of the molecule is Cc1ccccc1Cn1ccnc1CNc1ccccc1. The van der Waals surface area contributed by atoms with Gasteiger partial charge < -0.3 is 9.88 Å². The maximum Gasteiger partial charge on any atom is 0.128 e. The van der Waals surface area contributed by atoms with Crippen molar-refractivity contribution in [1.29, 1.82) is 0 Å². The first kappa shape index (κ1) is 13.4. The molecule has 0 saturated carbocycles. The smallest absolute Gasteiger partial charge is 0.128 e. The molecule has 0 aliphatic rings. The van der Waals surface area contributed by atoms with Gasteiger partial charge in [-0.3, -0.25) is 0 Å². The summed E-state index contributed by atoms with van der Waals surface area (Å²) in [7, 11) is 0. The summed E-state index contributed by atoms with van der Waals surface area (Å²) in [5.41, 5.74) is 3.76. The average molecular weight is 277 g/mol. The number of anilines is 1. The molecule has 0 aliphatic carbocycles. The minimum atomic E-state index is 0.725. The lowest BCUT2D eigenvalue weighted by Gasteiger charge is -2.11. The Hall–Kier alpha value is -2.55. The standard InChI is InChI=1S/C18H19N3/c1-15-7-5-6-8-16(15)14-21-12-11-19-18(21)13-20-17-9-3-2-4-10-17/h2-12,20H,13-14H2,1H3. The van der Waals surface area contributed by atoms with Crippen molar-refractivity contribution in [1.82, 2.24) is 9.55 Å². The molecule has 0 fully saturated rings. The summed E-state index contributed by atoms with van der Waals surface area (Å²) in [6.45, 7) is 3.73. The van der Waals surface area contributed by atoms with Crippen molar-refractivity contribution in [3.8, 4) is 0 Å². The highest BCUT2D eigenvalue weighted by molar-refractivity contribution is 5.42. The zero-order valence-corrected chi connectivity index (χ0v) is 12.2. The quantitative estimate of drug-likeness (QED) is 0.767. The molecule has 0 amide bonds. The Balaban J connectivity index is 1.71. The van der Waals surface area contributed by atoms with Gasteiger partial charge in [-0.05, 0) is 30.2 Å². The van der Waals surface area contributed by atoms with Crippen LogP contribution in [0, 0.1) is 6.92 Å². The topological polar surface area (TPSA) is 29.9 Å². The van der Waals surface area contributed by atoms with Crippen LogP contribution in [-0.2, 0) is 13.1 Å². The molecule has 0 bridgehead atoms. The number of aryl methyl sites for hydroxylation is 1. The van der Waals surface area contributed by atoms with Crippen LogP contribution < -0.4 is 5.32 Å². The van der Waals surface area contributed by atoms with E-state index in [1.54, 1.807) is 0 Å². The maximum absolute atomic E-state index is 4.46. The second kappa shape index (κ2) is 6.27. The molecule has 1 heterocycles. The molecular weight excluding hydrogens is 258 g/mol. The zero-order valence-electron chi connectivity index (χ0n) is 12.2. The van der Waals surface area contributed by atoms with Crippen LogP contribution in [0.4, 0.5) is 5.69 Å². The molecule has 0 radical (unpaired) electrons. The molecule has 106 valence electrons. The summed E-state index contributed by atoms with van der Waals surface area (Å²) >= 11 is 0. The number of imidazole rings is 1. The highest BCUT2D eigenvalue weighted by atomic mass is 15.1. The molecule has 3 heteroatoms. The third-order valence-corrected chi connectivity index (χ3v) is 3.63. The maximum atomic E-state index is 4.46. The van der Waals surface area contributed by atoms with E-state index in [-0.39, 0.29) is 0 Å². The van der Waals surface area contributed by atoms with E-state index in [0.29, 0.717) is 0 Å². The van der Waals surface area contributed by atoms with Crippen LogP contribution in [0.2, 0.25) is 0 Å². The van der Waals surface area contributed by atoms with E-state index in [1.165, 1.54) is 11.1 Å². The van der Waals surface area contributed by atoms with E-state index in [9.17, 15) is 0 Å². The second-order valence-electron chi connectivity index (χ2n) is 5.12. The molecule has 0 spiro atoms. The fourth-order valence-electron chi connectivity index (χ4n) is 2.36. The number of nitrogens with one attached hydrogen (secondary N) is 1. The van der Waals surface area contributed by atoms with E-state index < -0.39 is 0 Å². The molecular formula is C18H19N3. The number of para-hydroxylation sites is 1. The predicted octanol–water partition coefficient (Wildman–Crippen LogP) is 3.85. The Bertz CT molecular complexity index is 701. The summed E-state index contributed by atoms with van der Waals surface area (Å²) in [5.74, 6) is 1.04. The Labute approximate surface area is 125 Å². The first-order chi connectivity index (χ1) is 10.3. The molecule has 3 rings (SSSR count). The predicted molar refractivity (Wildman–Crippen MR) is 86.3 cm³/mol. The van der Waals surface area contributed by atoms with Gasteiger partial charge in [-0.1, -0.05) is 42.5 Å². The Morgan fingerprint density at radius 1 is 1.00 bits per heavy atom. The van der Waals surface area contributed by atoms with Crippen molar-refractivity contribution >= 4 is 5.69 Å². The second-order valence-corrected chi connectivity index (χ2v) is 5.12. The number of hydrogen-bond acceptors (Lipinski definition) is 2. The van der Waals surface area contributed by atoms with Gasteiger partial charge in [-0.15, -0.1) is 0 Å². The van der Waals surface area contributed by atoms with E-state index in [4.69, 9.17) is 0 Å². The van der Waals surface area contributed by atoms with Gasteiger partial charge >= 0.3 is 0 Å².